The number of ether oxygens (including phenoxy) is 2. The van der Waals surface area contributed by atoms with Crippen molar-refractivity contribution in [3.8, 4) is 17.2 Å². The van der Waals surface area contributed by atoms with Crippen LogP contribution < -0.4 is 9.47 Å². The van der Waals surface area contributed by atoms with E-state index in [2.05, 4.69) is 6.92 Å². The average Bonchev–Trinajstić information content (AvgIpc) is 3.03. The molecule has 1 aliphatic rings. The zero-order valence-corrected chi connectivity index (χ0v) is 19.5. The molecule has 0 bridgehead atoms. The summed E-state index contributed by atoms with van der Waals surface area (Å²) in [5.41, 5.74) is 0.880. The monoisotopic (exact) mass is 453 g/mol. The summed E-state index contributed by atoms with van der Waals surface area (Å²) in [6, 6.07) is 10.7. The first-order valence-electron chi connectivity index (χ1n) is 11.2. The van der Waals surface area contributed by atoms with Gasteiger partial charge in [0.1, 0.15) is 11.5 Å². The summed E-state index contributed by atoms with van der Waals surface area (Å²) in [5, 5.41) is 21.5. The fourth-order valence-electron chi connectivity index (χ4n) is 4.01. The Labute approximate surface area is 194 Å². The first kappa shape index (κ1) is 24.2. The third-order valence-corrected chi connectivity index (χ3v) is 5.54. The van der Waals surface area contributed by atoms with Gasteiger partial charge < -0.3 is 24.6 Å². The molecule has 2 N–H and O–H groups in total. The molecule has 1 amide bonds. The zero-order chi connectivity index (χ0) is 24.1. The third kappa shape index (κ3) is 5.13. The van der Waals surface area contributed by atoms with Crippen LogP contribution in [-0.2, 0) is 9.59 Å². The maximum Gasteiger partial charge on any atom is 0.295 e. The smallest absolute Gasteiger partial charge is 0.295 e. The Hall–Kier alpha value is -3.48. The molecule has 0 aliphatic carbocycles. The van der Waals surface area contributed by atoms with Gasteiger partial charge in [0, 0.05) is 12.1 Å². The van der Waals surface area contributed by atoms with Gasteiger partial charge in [-0.2, -0.15) is 0 Å². The van der Waals surface area contributed by atoms with E-state index in [1.807, 2.05) is 13.8 Å². The van der Waals surface area contributed by atoms with Gasteiger partial charge >= 0.3 is 0 Å². The number of carbonyl (C=O) groups excluding carboxylic acids is 2. The number of carbonyl (C=O) groups is 2. The fourth-order valence-corrected chi connectivity index (χ4v) is 4.01. The maximum atomic E-state index is 13.1. The van der Waals surface area contributed by atoms with Crippen molar-refractivity contribution in [3.05, 3.63) is 59.2 Å². The molecule has 7 nitrogen and oxygen atoms in total. The zero-order valence-electron chi connectivity index (χ0n) is 19.5. The van der Waals surface area contributed by atoms with Crippen molar-refractivity contribution in [2.24, 2.45) is 0 Å². The molecule has 0 radical (unpaired) electrons. The van der Waals surface area contributed by atoms with E-state index in [0.29, 0.717) is 23.4 Å². The van der Waals surface area contributed by atoms with Crippen molar-refractivity contribution in [1.82, 2.24) is 4.90 Å². The summed E-state index contributed by atoms with van der Waals surface area (Å²) in [7, 11) is 1.44. The minimum atomic E-state index is -0.826. The van der Waals surface area contributed by atoms with Gasteiger partial charge in [0.25, 0.3) is 11.7 Å². The van der Waals surface area contributed by atoms with Crippen LogP contribution in [0, 0.1) is 0 Å². The molecule has 0 spiro atoms. The topological polar surface area (TPSA) is 96.3 Å². The highest BCUT2D eigenvalue weighted by molar-refractivity contribution is 6.46. The van der Waals surface area contributed by atoms with Crippen molar-refractivity contribution in [1.29, 1.82) is 0 Å². The molecule has 1 fully saturated rings. The van der Waals surface area contributed by atoms with Gasteiger partial charge in [-0.15, -0.1) is 0 Å². The lowest BCUT2D eigenvalue weighted by molar-refractivity contribution is -0.139. The Kier molecular flexibility index (Phi) is 7.63. The number of aliphatic hydroxyl groups is 1. The number of phenolic OH excluding ortho intramolecular Hbond substituents is 1. The van der Waals surface area contributed by atoms with Gasteiger partial charge in [0.05, 0.1) is 24.8 Å². The second kappa shape index (κ2) is 10.4. The van der Waals surface area contributed by atoms with Crippen molar-refractivity contribution in [2.75, 3.05) is 13.7 Å². The summed E-state index contributed by atoms with van der Waals surface area (Å²) in [6.07, 6.45) is 2.52. The Morgan fingerprint density at radius 2 is 1.88 bits per heavy atom. The number of unbranched alkanes of at least 4 members (excludes halogenated alkanes) is 2. The number of hydrogen-bond donors (Lipinski definition) is 2. The molecular formula is C26H31NO6. The van der Waals surface area contributed by atoms with E-state index in [9.17, 15) is 19.8 Å². The van der Waals surface area contributed by atoms with Crippen LogP contribution in [0.15, 0.2) is 48.0 Å². The molecule has 176 valence electrons. The molecular weight excluding hydrogens is 422 g/mol. The number of aromatic hydroxyl groups is 1. The molecule has 2 aromatic carbocycles. The van der Waals surface area contributed by atoms with Crippen LogP contribution in [-0.4, -0.2) is 46.6 Å². The highest BCUT2D eigenvalue weighted by Crippen LogP contribution is 2.42. The lowest BCUT2D eigenvalue weighted by Crippen LogP contribution is -2.30. The van der Waals surface area contributed by atoms with Crippen LogP contribution in [0.4, 0.5) is 0 Å². The summed E-state index contributed by atoms with van der Waals surface area (Å²) in [4.78, 5) is 27.5. The fraction of sp³-hybridized carbons (Fsp3) is 0.385. The van der Waals surface area contributed by atoms with E-state index in [4.69, 9.17) is 9.47 Å². The van der Waals surface area contributed by atoms with Crippen LogP contribution >= 0.6 is 0 Å². The number of likely N-dealkylation sites (tertiary alicyclic amines) is 1. The normalized spacial score (nSPS) is 17.6. The van der Waals surface area contributed by atoms with E-state index in [1.54, 1.807) is 36.4 Å². The van der Waals surface area contributed by atoms with Gasteiger partial charge in [-0.25, -0.2) is 0 Å². The van der Waals surface area contributed by atoms with Gasteiger partial charge in [0.2, 0.25) is 0 Å². The van der Waals surface area contributed by atoms with Gasteiger partial charge in [0.15, 0.2) is 11.5 Å². The molecule has 0 saturated carbocycles. The molecule has 1 saturated heterocycles. The quantitative estimate of drug-likeness (QED) is 0.245. The van der Waals surface area contributed by atoms with Crippen molar-refractivity contribution < 1.29 is 29.3 Å². The highest BCUT2D eigenvalue weighted by atomic mass is 16.5. The van der Waals surface area contributed by atoms with E-state index in [1.165, 1.54) is 18.1 Å². The lowest BCUT2D eigenvalue weighted by atomic mass is 9.95. The predicted molar refractivity (Wildman–Crippen MR) is 125 cm³/mol. The standard InChI is InChI=1S/C26H31NO6/c1-5-6-7-13-27-23(17-11-12-21(32-4)20(28)15-17)22(25(30)26(27)31)24(29)18-9-8-10-19(14-18)33-16(2)3/h8-12,14-16,23,28-29H,5-7,13H2,1-4H3/b24-22-. The number of amides is 1. The summed E-state index contributed by atoms with van der Waals surface area (Å²) in [5.74, 6) is -0.977. The molecule has 1 heterocycles. The largest absolute Gasteiger partial charge is 0.507 e. The third-order valence-electron chi connectivity index (χ3n) is 5.54. The molecule has 0 aromatic heterocycles. The molecule has 33 heavy (non-hydrogen) atoms. The number of Topliss-reactive ketones (excluding diaryl/α,β-unsaturated/α-hetero) is 1. The van der Waals surface area contributed by atoms with Crippen molar-refractivity contribution in [2.45, 2.75) is 52.2 Å². The van der Waals surface area contributed by atoms with E-state index in [0.717, 1.165) is 19.3 Å². The number of hydrogen-bond acceptors (Lipinski definition) is 6. The molecule has 1 unspecified atom stereocenters. The van der Waals surface area contributed by atoms with E-state index in [-0.39, 0.29) is 28.9 Å². The molecule has 7 heteroatoms. The number of ketones is 1. The summed E-state index contributed by atoms with van der Waals surface area (Å²) < 4.78 is 10.8. The first-order valence-corrected chi connectivity index (χ1v) is 11.2. The Morgan fingerprint density at radius 3 is 2.52 bits per heavy atom. The minimum absolute atomic E-state index is 0.0113. The van der Waals surface area contributed by atoms with Crippen molar-refractivity contribution in [3.63, 3.8) is 0 Å². The number of aliphatic hydroxyl groups excluding tert-OH is 1. The lowest BCUT2D eigenvalue weighted by Gasteiger charge is -2.25. The summed E-state index contributed by atoms with van der Waals surface area (Å²) in [6.45, 7) is 6.21. The Morgan fingerprint density at radius 1 is 1.12 bits per heavy atom. The van der Waals surface area contributed by atoms with E-state index < -0.39 is 17.7 Å². The van der Waals surface area contributed by atoms with Crippen LogP contribution in [0.1, 0.15) is 57.2 Å². The number of rotatable bonds is 9. The molecule has 1 aliphatic heterocycles. The van der Waals surface area contributed by atoms with Crippen LogP contribution in [0.5, 0.6) is 17.2 Å². The Bertz CT molecular complexity index is 1060. The number of methoxy groups -OCH3 is 1. The molecule has 3 rings (SSSR count). The second-order valence-electron chi connectivity index (χ2n) is 8.33. The number of benzene rings is 2. The molecule has 1 atom stereocenters. The van der Waals surface area contributed by atoms with Gasteiger partial charge in [-0.1, -0.05) is 38.0 Å². The van der Waals surface area contributed by atoms with Gasteiger partial charge in [-0.3, -0.25) is 9.59 Å². The second-order valence-corrected chi connectivity index (χ2v) is 8.33. The van der Waals surface area contributed by atoms with Crippen LogP contribution in [0.25, 0.3) is 5.76 Å². The average molecular weight is 454 g/mol. The molecule has 2 aromatic rings. The number of phenols is 1. The predicted octanol–water partition coefficient (Wildman–Crippen LogP) is 4.80. The summed E-state index contributed by atoms with van der Waals surface area (Å²) >= 11 is 0. The highest BCUT2D eigenvalue weighted by Gasteiger charge is 2.46. The van der Waals surface area contributed by atoms with Gasteiger partial charge in [-0.05, 0) is 50.1 Å². The Balaban J connectivity index is 2.13. The maximum absolute atomic E-state index is 13.1. The van der Waals surface area contributed by atoms with Crippen molar-refractivity contribution >= 4 is 17.4 Å². The van der Waals surface area contributed by atoms with E-state index >= 15 is 0 Å². The number of nitrogens with zero attached hydrogens (tertiary/aromatic N) is 1. The van der Waals surface area contributed by atoms with Crippen LogP contribution in [0.3, 0.4) is 0 Å². The SMILES string of the molecule is CCCCCN1C(=O)C(=O)/C(=C(\O)c2cccc(OC(C)C)c2)C1c1ccc(OC)c(O)c1. The van der Waals surface area contributed by atoms with Crippen LogP contribution in [0.2, 0.25) is 0 Å². The minimum Gasteiger partial charge on any atom is -0.507 e. The first-order chi connectivity index (χ1) is 15.8.